The van der Waals surface area contributed by atoms with Crippen molar-refractivity contribution in [3.63, 3.8) is 0 Å². The lowest BCUT2D eigenvalue weighted by molar-refractivity contribution is -0.0540. The molecule has 0 aliphatic rings. The predicted octanol–water partition coefficient (Wildman–Crippen LogP) is 7.42. The summed E-state index contributed by atoms with van der Waals surface area (Å²) in [6.07, 6.45) is 0.637. The summed E-state index contributed by atoms with van der Waals surface area (Å²) in [6, 6.07) is 33.4. The van der Waals surface area contributed by atoms with Crippen LogP contribution in [0.5, 0.6) is 0 Å². The van der Waals surface area contributed by atoms with E-state index in [2.05, 4.69) is 3.63 Å². The van der Waals surface area contributed by atoms with E-state index >= 15 is 0 Å². The van der Waals surface area contributed by atoms with Crippen LogP contribution in [0.1, 0.15) is 11.1 Å². The van der Waals surface area contributed by atoms with Gasteiger partial charge in [0.05, 0.1) is 25.0 Å². The van der Waals surface area contributed by atoms with Crippen molar-refractivity contribution < 1.29 is 25.2 Å². The fourth-order valence-corrected chi connectivity index (χ4v) is 8.59. The van der Waals surface area contributed by atoms with Crippen molar-refractivity contribution in [2.24, 2.45) is 0 Å². The standard InChI is InChI=1S/C26H21F3O3S2/c27-26(28,29)34(30,31)32-33(23-12-6-2-7-13-23,24-14-8-3-9-15-24)25-18-16-22(17-19-25)20-21-10-4-1-5-11-21/h1-19H,20H2/p+1. The Morgan fingerprint density at radius 1 is 0.559 bits per heavy atom. The van der Waals surface area contributed by atoms with Crippen molar-refractivity contribution in [3.8, 4) is 0 Å². The topological polar surface area (TPSA) is 46.9 Å². The third kappa shape index (κ3) is 4.89. The molecular formula is C26H22F3O3S2+. The van der Waals surface area contributed by atoms with E-state index in [4.69, 9.17) is 0 Å². The van der Waals surface area contributed by atoms with E-state index in [9.17, 15) is 21.6 Å². The maximum Gasteiger partial charge on any atom is 0.572 e. The monoisotopic (exact) mass is 503 g/mol. The minimum Gasteiger partial charge on any atom is -0.255 e. The Morgan fingerprint density at radius 3 is 1.38 bits per heavy atom. The normalized spacial score (nSPS) is 12.9. The molecule has 34 heavy (non-hydrogen) atoms. The van der Waals surface area contributed by atoms with Gasteiger partial charge in [-0.25, -0.2) is 0 Å². The van der Waals surface area contributed by atoms with Crippen molar-refractivity contribution in [2.45, 2.75) is 26.6 Å². The summed E-state index contributed by atoms with van der Waals surface area (Å²) in [4.78, 5) is 1.18. The van der Waals surface area contributed by atoms with Gasteiger partial charge in [0.2, 0.25) is 0 Å². The second kappa shape index (κ2) is 9.66. The van der Waals surface area contributed by atoms with E-state index < -0.39 is 25.9 Å². The Bertz CT molecular complexity index is 1290. The zero-order chi connectivity index (χ0) is 24.2. The SMILES string of the molecule is O=S(=O)([OH+]S(c1ccccc1)(c1ccccc1)c1ccc(Cc2ccccc2)cc1)C(F)(F)F. The molecule has 8 heteroatoms. The van der Waals surface area contributed by atoms with Crippen LogP contribution in [-0.4, -0.2) is 17.6 Å². The van der Waals surface area contributed by atoms with Crippen molar-refractivity contribution in [1.29, 1.82) is 0 Å². The molecule has 4 rings (SSSR count). The molecule has 0 atom stereocenters. The first-order chi connectivity index (χ1) is 16.2. The van der Waals surface area contributed by atoms with Crippen molar-refractivity contribution >= 4 is 20.4 Å². The highest BCUT2D eigenvalue weighted by molar-refractivity contribution is 8.32. The molecule has 0 aliphatic carbocycles. The van der Waals surface area contributed by atoms with Crippen LogP contribution < -0.4 is 0 Å². The van der Waals surface area contributed by atoms with Gasteiger partial charge in [0.25, 0.3) is 0 Å². The molecule has 0 heterocycles. The second-order valence-electron chi connectivity index (χ2n) is 7.51. The van der Waals surface area contributed by atoms with Gasteiger partial charge in [-0.1, -0.05) is 78.9 Å². The van der Waals surface area contributed by atoms with E-state index in [1.54, 1.807) is 72.8 Å². The van der Waals surface area contributed by atoms with Crippen LogP contribution in [0.15, 0.2) is 130 Å². The molecule has 0 saturated carbocycles. The molecule has 0 radical (unpaired) electrons. The maximum atomic E-state index is 13.5. The minimum atomic E-state index is -5.80. The Balaban J connectivity index is 1.90. The Morgan fingerprint density at radius 2 is 0.941 bits per heavy atom. The Kier molecular flexibility index (Phi) is 6.84. The number of alkyl halides is 3. The van der Waals surface area contributed by atoms with Gasteiger partial charge in [-0.15, -0.1) is 8.42 Å². The predicted molar refractivity (Wildman–Crippen MR) is 129 cm³/mol. The Hall–Kier alpha value is -3.07. The fraction of sp³-hybridized carbons (Fsp3) is 0.0769. The second-order valence-corrected chi connectivity index (χ2v) is 12.1. The third-order valence-electron chi connectivity index (χ3n) is 5.19. The zero-order valence-electron chi connectivity index (χ0n) is 17.9. The van der Waals surface area contributed by atoms with Gasteiger partial charge >= 0.3 is 15.6 Å². The van der Waals surface area contributed by atoms with Gasteiger partial charge in [0, 0.05) is 0 Å². The average Bonchev–Trinajstić information content (AvgIpc) is 2.84. The van der Waals surface area contributed by atoms with E-state index in [1.807, 2.05) is 42.5 Å². The summed E-state index contributed by atoms with van der Waals surface area (Å²) in [5.74, 6) is 0. The summed E-state index contributed by atoms with van der Waals surface area (Å²) in [6.45, 7) is 0. The molecule has 0 amide bonds. The van der Waals surface area contributed by atoms with Gasteiger partial charge in [-0.05, 0) is 53.9 Å². The van der Waals surface area contributed by atoms with Gasteiger partial charge < -0.3 is 0 Å². The molecule has 0 saturated heterocycles. The van der Waals surface area contributed by atoms with Gasteiger partial charge in [-0.2, -0.15) is 13.2 Å². The zero-order valence-corrected chi connectivity index (χ0v) is 19.5. The van der Waals surface area contributed by atoms with Crippen LogP contribution in [0, 0.1) is 0 Å². The highest BCUT2D eigenvalue weighted by Crippen LogP contribution is 2.68. The molecule has 176 valence electrons. The average molecular weight is 504 g/mol. The summed E-state index contributed by atoms with van der Waals surface area (Å²) >= 11 is 0. The molecule has 0 bridgehead atoms. The Labute approximate surface area is 198 Å². The molecule has 4 aromatic carbocycles. The van der Waals surface area contributed by atoms with Crippen molar-refractivity contribution in [2.75, 3.05) is 0 Å². The van der Waals surface area contributed by atoms with Crippen LogP contribution in [-0.2, 0) is 16.5 Å². The summed E-state index contributed by atoms with van der Waals surface area (Å²) in [7, 11) is -8.94. The van der Waals surface area contributed by atoms with Crippen LogP contribution in [0.25, 0.3) is 0 Å². The molecule has 0 aliphatic heterocycles. The molecule has 4 aromatic rings. The first-order valence-corrected chi connectivity index (χ1v) is 13.4. The first-order valence-electron chi connectivity index (χ1n) is 10.3. The number of hydrogen-bond donors (Lipinski definition) is 0. The molecule has 1 N–H and O–H groups in total. The van der Waals surface area contributed by atoms with Crippen LogP contribution in [0.2, 0.25) is 0 Å². The van der Waals surface area contributed by atoms with E-state index in [1.165, 1.54) is 0 Å². The lowest BCUT2D eigenvalue weighted by Gasteiger charge is -2.34. The van der Waals surface area contributed by atoms with Gasteiger partial charge in [0.15, 0.2) is 0 Å². The molecular weight excluding hydrogens is 481 g/mol. The molecule has 0 unspecified atom stereocenters. The highest BCUT2D eigenvalue weighted by atomic mass is 32.3. The number of halogens is 3. The van der Waals surface area contributed by atoms with Gasteiger partial charge in [0.1, 0.15) is 0 Å². The third-order valence-corrected chi connectivity index (χ3v) is 10.3. The number of hydrogen-bond acceptors (Lipinski definition) is 2. The number of rotatable bonds is 7. The van der Waals surface area contributed by atoms with Crippen LogP contribution in [0.3, 0.4) is 0 Å². The van der Waals surface area contributed by atoms with E-state index in [-0.39, 0.29) is 0 Å². The van der Waals surface area contributed by atoms with Crippen molar-refractivity contribution in [1.82, 2.24) is 0 Å². The maximum absolute atomic E-state index is 13.5. The van der Waals surface area contributed by atoms with E-state index in [0.717, 1.165) is 11.1 Å². The summed E-state index contributed by atoms with van der Waals surface area (Å²) in [5, 5.41) is 0. The van der Waals surface area contributed by atoms with Crippen LogP contribution >= 0.6 is 10.3 Å². The quantitative estimate of drug-likeness (QED) is 0.150. The molecule has 0 fully saturated rings. The number of benzene rings is 4. The molecule has 0 spiro atoms. The first kappa shape index (κ1) is 24.1. The van der Waals surface area contributed by atoms with Gasteiger partial charge in [-0.3, -0.25) is 3.63 Å². The molecule has 0 aromatic heterocycles. The lowest BCUT2D eigenvalue weighted by Crippen LogP contribution is -2.30. The smallest absolute Gasteiger partial charge is 0.255 e. The lowest BCUT2D eigenvalue weighted by atomic mass is 10.1. The summed E-state index contributed by atoms with van der Waals surface area (Å²) < 4.78 is 69.2. The van der Waals surface area contributed by atoms with Crippen molar-refractivity contribution in [3.05, 3.63) is 126 Å². The summed E-state index contributed by atoms with van der Waals surface area (Å²) in [5.41, 5.74) is -3.48. The molecule has 3 nitrogen and oxygen atoms in total. The largest absolute Gasteiger partial charge is 0.572 e. The van der Waals surface area contributed by atoms with E-state index in [0.29, 0.717) is 21.1 Å². The minimum absolute atomic E-state index is 0.393. The van der Waals surface area contributed by atoms with Crippen LogP contribution in [0.4, 0.5) is 13.2 Å². The highest BCUT2D eigenvalue weighted by Gasteiger charge is 2.57. The fourth-order valence-electron chi connectivity index (χ4n) is 3.60.